The van der Waals surface area contributed by atoms with Crippen molar-refractivity contribution in [3.8, 4) is 0 Å². The summed E-state index contributed by atoms with van der Waals surface area (Å²) in [6, 6.07) is 0. The highest BCUT2D eigenvalue weighted by Crippen LogP contribution is 2.57. The van der Waals surface area contributed by atoms with E-state index in [9.17, 15) is 4.79 Å². The highest BCUT2D eigenvalue weighted by molar-refractivity contribution is 5.59. The fourth-order valence-electron chi connectivity index (χ4n) is 5.82. The van der Waals surface area contributed by atoms with Crippen molar-refractivity contribution < 1.29 is 4.79 Å². The van der Waals surface area contributed by atoms with Crippen molar-refractivity contribution in [3.05, 3.63) is 12.2 Å². The first-order valence-corrected chi connectivity index (χ1v) is 9.32. The zero-order valence-electron chi connectivity index (χ0n) is 13.9. The quantitative estimate of drug-likeness (QED) is 0.500. The number of carbonyl (C=O) groups is 1. The monoisotopic (exact) mass is 288 g/mol. The van der Waals surface area contributed by atoms with Gasteiger partial charge in [-0.15, -0.1) is 0 Å². The second-order valence-corrected chi connectivity index (χ2v) is 8.16. The summed E-state index contributed by atoms with van der Waals surface area (Å²) in [6.07, 6.45) is 18.0. The summed E-state index contributed by atoms with van der Waals surface area (Å²) in [7, 11) is 0. The van der Waals surface area contributed by atoms with Gasteiger partial charge in [0.25, 0.3) is 0 Å². The van der Waals surface area contributed by atoms with Crippen molar-refractivity contribution in [3.63, 3.8) is 0 Å². The van der Waals surface area contributed by atoms with E-state index in [0.29, 0.717) is 5.92 Å². The van der Waals surface area contributed by atoms with Crippen molar-refractivity contribution in [1.29, 1.82) is 0 Å². The minimum absolute atomic E-state index is 0.0401. The molecule has 6 unspecified atom stereocenters. The molecule has 1 nitrogen and oxygen atoms in total. The zero-order valence-corrected chi connectivity index (χ0v) is 13.9. The Labute approximate surface area is 130 Å². The van der Waals surface area contributed by atoms with Gasteiger partial charge in [-0.2, -0.15) is 0 Å². The van der Waals surface area contributed by atoms with Crippen molar-refractivity contribution in [2.45, 2.75) is 71.6 Å². The molecule has 3 aliphatic rings. The average Bonchev–Trinajstić information content (AvgIpc) is 2.53. The molecule has 3 aliphatic carbocycles. The average molecular weight is 288 g/mol. The predicted molar refractivity (Wildman–Crippen MR) is 88.0 cm³/mol. The molecule has 3 rings (SSSR count). The Morgan fingerprint density at radius 3 is 2.81 bits per heavy atom. The van der Waals surface area contributed by atoms with Gasteiger partial charge in [0.2, 0.25) is 0 Å². The molecule has 118 valence electrons. The number of aldehydes is 1. The van der Waals surface area contributed by atoms with Crippen LogP contribution in [0.5, 0.6) is 0 Å². The molecular weight excluding hydrogens is 256 g/mol. The van der Waals surface area contributed by atoms with Gasteiger partial charge in [-0.1, -0.05) is 38.8 Å². The van der Waals surface area contributed by atoms with Crippen LogP contribution in [0.4, 0.5) is 0 Å². The molecule has 0 aliphatic heterocycles. The molecule has 6 atom stereocenters. The number of rotatable bonds is 4. The lowest BCUT2D eigenvalue weighted by Crippen LogP contribution is -2.48. The Morgan fingerprint density at radius 2 is 2.05 bits per heavy atom. The normalized spacial score (nSPS) is 45.7. The van der Waals surface area contributed by atoms with E-state index in [-0.39, 0.29) is 5.41 Å². The summed E-state index contributed by atoms with van der Waals surface area (Å²) < 4.78 is 0. The molecule has 1 heteroatoms. The van der Waals surface area contributed by atoms with E-state index >= 15 is 0 Å². The molecule has 2 saturated carbocycles. The first kappa shape index (κ1) is 15.3. The minimum Gasteiger partial charge on any atom is -0.303 e. The number of hydrogen-bond donors (Lipinski definition) is 0. The lowest BCUT2D eigenvalue weighted by Gasteiger charge is -2.54. The largest absolute Gasteiger partial charge is 0.303 e. The van der Waals surface area contributed by atoms with E-state index in [1.54, 1.807) is 0 Å². The topological polar surface area (TPSA) is 17.1 Å². The molecule has 0 aromatic rings. The van der Waals surface area contributed by atoms with Crippen LogP contribution in [0, 0.1) is 35.0 Å². The molecule has 21 heavy (non-hydrogen) atoms. The highest BCUT2D eigenvalue weighted by Gasteiger charge is 2.50. The minimum atomic E-state index is -0.0401. The van der Waals surface area contributed by atoms with E-state index in [1.165, 1.54) is 57.7 Å². The van der Waals surface area contributed by atoms with E-state index < -0.39 is 0 Å². The van der Waals surface area contributed by atoms with Gasteiger partial charge in [-0.3, -0.25) is 0 Å². The van der Waals surface area contributed by atoms with Crippen LogP contribution in [0.3, 0.4) is 0 Å². The number of carbonyl (C=O) groups excluding carboxylic acids is 1. The zero-order chi connectivity index (χ0) is 14.9. The van der Waals surface area contributed by atoms with Gasteiger partial charge >= 0.3 is 0 Å². The fraction of sp³-hybridized carbons (Fsp3) is 0.850. The Morgan fingerprint density at radius 1 is 1.19 bits per heavy atom. The Balaban J connectivity index is 1.83. The molecule has 0 spiro atoms. The lowest BCUT2D eigenvalue weighted by atomic mass is 9.50. The second kappa shape index (κ2) is 6.26. The molecule has 2 fully saturated rings. The summed E-state index contributed by atoms with van der Waals surface area (Å²) in [6.45, 7) is 4.53. The summed E-state index contributed by atoms with van der Waals surface area (Å²) >= 11 is 0. The van der Waals surface area contributed by atoms with Crippen LogP contribution in [0.2, 0.25) is 0 Å². The maximum atomic E-state index is 11.8. The molecule has 0 saturated heterocycles. The molecule has 0 aromatic carbocycles. The summed E-state index contributed by atoms with van der Waals surface area (Å²) in [5, 5.41) is 0. The van der Waals surface area contributed by atoms with Crippen LogP contribution >= 0.6 is 0 Å². The number of fused-ring (bicyclic) bond motifs is 3. The number of allylic oxidation sites excluding steroid dienone is 2. The highest BCUT2D eigenvalue weighted by atomic mass is 16.1. The molecule has 0 aromatic heterocycles. The summed E-state index contributed by atoms with van der Waals surface area (Å²) in [5.74, 6) is 4.10. The van der Waals surface area contributed by atoms with Crippen LogP contribution < -0.4 is 0 Å². The predicted octanol–water partition coefficient (Wildman–Crippen LogP) is 5.40. The Hall–Kier alpha value is -0.590. The maximum Gasteiger partial charge on any atom is 0.126 e. The van der Waals surface area contributed by atoms with Crippen molar-refractivity contribution in [1.82, 2.24) is 0 Å². The first-order valence-electron chi connectivity index (χ1n) is 9.32. The molecular formula is C20H32O. The molecule has 0 amide bonds. The van der Waals surface area contributed by atoms with Crippen LogP contribution in [-0.4, -0.2) is 6.29 Å². The van der Waals surface area contributed by atoms with Gasteiger partial charge in [0, 0.05) is 5.41 Å². The van der Waals surface area contributed by atoms with E-state index in [0.717, 1.165) is 30.1 Å². The third-order valence-electron chi connectivity index (χ3n) is 7.04. The third-order valence-corrected chi connectivity index (χ3v) is 7.04. The SMILES string of the molecule is CCCCC1C2CCC3CCC=CC3C2CCC1(C)C=O. The van der Waals surface area contributed by atoms with Gasteiger partial charge in [0.15, 0.2) is 0 Å². The number of hydrogen-bond acceptors (Lipinski definition) is 1. The van der Waals surface area contributed by atoms with Crippen molar-refractivity contribution >= 4 is 6.29 Å². The second-order valence-electron chi connectivity index (χ2n) is 8.16. The Kier molecular flexibility index (Phi) is 4.57. The maximum absolute atomic E-state index is 11.8. The standard InChI is InChI=1S/C20H32O/c1-3-4-9-19-18-11-10-15-7-5-6-8-16(15)17(18)12-13-20(19,2)14-21/h6,8,14-19H,3-5,7,9-13H2,1-2H3. The first-order chi connectivity index (χ1) is 10.2. The fourth-order valence-corrected chi connectivity index (χ4v) is 5.82. The van der Waals surface area contributed by atoms with Crippen LogP contribution in [0.25, 0.3) is 0 Å². The number of unbranched alkanes of at least 4 members (excludes halogenated alkanes) is 1. The van der Waals surface area contributed by atoms with Crippen molar-refractivity contribution in [2.24, 2.45) is 35.0 Å². The van der Waals surface area contributed by atoms with Crippen molar-refractivity contribution in [2.75, 3.05) is 0 Å². The van der Waals surface area contributed by atoms with Crippen LogP contribution in [0.1, 0.15) is 71.6 Å². The van der Waals surface area contributed by atoms with Gasteiger partial charge in [-0.25, -0.2) is 0 Å². The Bertz CT molecular complexity index is 399. The third kappa shape index (κ3) is 2.73. The summed E-state index contributed by atoms with van der Waals surface area (Å²) in [5.41, 5.74) is -0.0401. The molecule has 0 bridgehead atoms. The van der Waals surface area contributed by atoms with Gasteiger partial charge < -0.3 is 4.79 Å². The van der Waals surface area contributed by atoms with Gasteiger partial charge in [0.1, 0.15) is 6.29 Å². The van der Waals surface area contributed by atoms with Crippen LogP contribution in [0.15, 0.2) is 12.2 Å². The lowest BCUT2D eigenvalue weighted by molar-refractivity contribution is -0.127. The van der Waals surface area contributed by atoms with E-state index in [4.69, 9.17) is 0 Å². The molecule has 0 radical (unpaired) electrons. The van der Waals surface area contributed by atoms with Crippen LogP contribution in [-0.2, 0) is 4.79 Å². The molecule has 0 heterocycles. The van der Waals surface area contributed by atoms with Gasteiger partial charge in [-0.05, 0) is 74.5 Å². The molecule has 0 N–H and O–H groups in total. The smallest absolute Gasteiger partial charge is 0.126 e. The van der Waals surface area contributed by atoms with E-state index in [2.05, 4.69) is 26.0 Å². The van der Waals surface area contributed by atoms with Gasteiger partial charge in [0.05, 0.1) is 0 Å². The van der Waals surface area contributed by atoms with E-state index in [1.807, 2.05) is 0 Å². The summed E-state index contributed by atoms with van der Waals surface area (Å²) in [4.78, 5) is 11.8.